The number of nitrogens with zero attached hydrogens (tertiary/aromatic N) is 2. The van der Waals surface area contributed by atoms with Gasteiger partial charge < -0.3 is 15.3 Å². The van der Waals surface area contributed by atoms with E-state index in [1.165, 1.54) is 18.3 Å². The molecular weight excluding hydrogens is 258 g/mol. The second kappa shape index (κ2) is 6.06. The van der Waals surface area contributed by atoms with Crippen LogP contribution in [-0.2, 0) is 0 Å². The van der Waals surface area contributed by atoms with Crippen molar-refractivity contribution < 1.29 is 14.7 Å². The Morgan fingerprint density at radius 1 is 1.50 bits per heavy atom. The van der Waals surface area contributed by atoms with E-state index in [0.717, 1.165) is 12.8 Å². The van der Waals surface area contributed by atoms with E-state index in [0.29, 0.717) is 18.2 Å². The summed E-state index contributed by atoms with van der Waals surface area (Å²) >= 11 is 0. The molecule has 2 N–H and O–H groups in total. The molecule has 1 fully saturated rings. The molecule has 2 rings (SSSR count). The van der Waals surface area contributed by atoms with Gasteiger partial charge in [0.05, 0.1) is 18.4 Å². The molecule has 1 aliphatic carbocycles. The van der Waals surface area contributed by atoms with Gasteiger partial charge in [0.15, 0.2) is 0 Å². The lowest BCUT2D eigenvalue weighted by Crippen LogP contribution is -2.36. The topological polar surface area (TPSA) is 82.5 Å². The predicted molar refractivity (Wildman–Crippen MR) is 73.3 cm³/mol. The lowest BCUT2D eigenvalue weighted by Gasteiger charge is -2.20. The summed E-state index contributed by atoms with van der Waals surface area (Å²) in [5, 5.41) is 11.4. The van der Waals surface area contributed by atoms with E-state index >= 15 is 0 Å². The number of carbonyl (C=O) groups is 2. The van der Waals surface area contributed by atoms with E-state index in [1.54, 1.807) is 4.90 Å². The van der Waals surface area contributed by atoms with E-state index in [2.05, 4.69) is 16.2 Å². The first-order valence-corrected chi connectivity index (χ1v) is 6.29. The van der Waals surface area contributed by atoms with Crippen molar-refractivity contribution in [3.05, 3.63) is 24.0 Å². The van der Waals surface area contributed by atoms with E-state index < -0.39 is 5.97 Å². The minimum absolute atomic E-state index is 0.0681. The highest BCUT2D eigenvalue weighted by atomic mass is 16.4. The molecule has 0 atom stereocenters. The van der Waals surface area contributed by atoms with Crippen LogP contribution in [0.15, 0.2) is 18.3 Å². The summed E-state index contributed by atoms with van der Waals surface area (Å²) in [6.45, 7) is 0.902. The highest BCUT2D eigenvalue weighted by Crippen LogP contribution is 2.29. The zero-order valence-electron chi connectivity index (χ0n) is 10.9. The molecule has 1 heterocycles. The number of carboxylic acid groups (broad SMARTS) is 1. The summed E-state index contributed by atoms with van der Waals surface area (Å²) in [5.41, 5.74) is 0.374. The Bertz CT molecular complexity index is 544. The predicted octanol–water partition coefficient (Wildman–Crippen LogP) is 1.66. The van der Waals surface area contributed by atoms with Crippen molar-refractivity contribution in [2.24, 2.45) is 5.92 Å². The fraction of sp³-hybridized carbons (Fsp3) is 0.357. The number of aromatic carboxylic acids is 1. The van der Waals surface area contributed by atoms with Crippen molar-refractivity contribution in [1.82, 2.24) is 9.88 Å². The largest absolute Gasteiger partial charge is 0.477 e. The number of hydrogen-bond acceptors (Lipinski definition) is 3. The van der Waals surface area contributed by atoms with Crippen LogP contribution in [0.3, 0.4) is 0 Å². The quantitative estimate of drug-likeness (QED) is 0.799. The summed E-state index contributed by atoms with van der Waals surface area (Å²) in [6.07, 6.45) is 8.83. The smallest absolute Gasteiger partial charge is 0.354 e. The van der Waals surface area contributed by atoms with Crippen LogP contribution in [0.25, 0.3) is 0 Å². The first-order valence-electron chi connectivity index (χ1n) is 6.29. The Balaban J connectivity index is 1.97. The van der Waals surface area contributed by atoms with Gasteiger partial charge in [-0.1, -0.05) is 5.92 Å². The van der Waals surface area contributed by atoms with Crippen molar-refractivity contribution in [3.63, 3.8) is 0 Å². The Labute approximate surface area is 116 Å². The van der Waals surface area contributed by atoms with E-state index in [4.69, 9.17) is 11.5 Å². The summed E-state index contributed by atoms with van der Waals surface area (Å²) < 4.78 is 0. The second-order valence-corrected chi connectivity index (χ2v) is 4.70. The molecule has 1 aromatic heterocycles. The van der Waals surface area contributed by atoms with E-state index in [-0.39, 0.29) is 18.3 Å². The summed E-state index contributed by atoms with van der Waals surface area (Å²) in [4.78, 5) is 28.0. The Morgan fingerprint density at radius 3 is 2.75 bits per heavy atom. The van der Waals surface area contributed by atoms with Crippen LogP contribution in [0.4, 0.5) is 10.5 Å². The molecule has 0 radical (unpaired) electrons. The van der Waals surface area contributed by atoms with Crippen LogP contribution in [0.5, 0.6) is 0 Å². The maximum absolute atomic E-state index is 12.1. The lowest BCUT2D eigenvalue weighted by molar-refractivity contribution is 0.0690. The van der Waals surface area contributed by atoms with Crippen LogP contribution in [-0.4, -0.2) is 40.1 Å². The fourth-order valence-electron chi connectivity index (χ4n) is 1.74. The van der Waals surface area contributed by atoms with Crippen molar-refractivity contribution in [2.45, 2.75) is 12.8 Å². The average Bonchev–Trinajstić information content (AvgIpc) is 3.23. The van der Waals surface area contributed by atoms with Crippen LogP contribution >= 0.6 is 0 Å². The SMILES string of the molecule is C#CCN(CC1CC1)C(=O)Nc1ccc(C(=O)O)nc1. The number of aromatic nitrogens is 1. The van der Waals surface area contributed by atoms with Gasteiger partial charge in [0.1, 0.15) is 5.69 Å². The molecule has 1 aromatic rings. The lowest BCUT2D eigenvalue weighted by atomic mass is 10.3. The third-order valence-corrected chi connectivity index (χ3v) is 2.98. The number of anilines is 1. The van der Waals surface area contributed by atoms with Crippen molar-refractivity contribution >= 4 is 17.7 Å². The minimum Gasteiger partial charge on any atom is -0.477 e. The summed E-state index contributed by atoms with van der Waals surface area (Å²) in [7, 11) is 0. The van der Waals surface area contributed by atoms with Crippen molar-refractivity contribution in [3.8, 4) is 12.3 Å². The summed E-state index contributed by atoms with van der Waals surface area (Å²) in [5.74, 6) is 1.90. The van der Waals surface area contributed by atoms with Gasteiger partial charge in [-0.25, -0.2) is 14.6 Å². The van der Waals surface area contributed by atoms with Gasteiger partial charge in [-0.2, -0.15) is 0 Å². The second-order valence-electron chi connectivity index (χ2n) is 4.70. The number of amides is 2. The molecule has 6 nitrogen and oxygen atoms in total. The molecule has 20 heavy (non-hydrogen) atoms. The maximum Gasteiger partial charge on any atom is 0.354 e. The van der Waals surface area contributed by atoms with Gasteiger partial charge in [-0.05, 0) is 30.9 Å². The average molecular weight is 273 g/mol. The van der Waals surface area contributed by atoms with Gasteiger partial charge in [0.25, 0.3) is 0 Å². The molecule has 0 unspecified atom stereocenters. The van der Waals surface area contributed by atoms with E-state index in [9.17, 15) is 9.59 Å². The molecular formula is C14H15N3O3. The van der Waals surface area contributed by atoms with Crippen molar-refractivity contribution in [2.75, 3.05) is 18.4 Å². The van der Waals surface area contributed by atoms with Gasteiger partial charge >= 0.3 is 12.0 Å². The summed E-state index contributed by atoms with van der Waals surface area (Å²) in [6, 6.07) is 2.55. The number of carboxylic acids is 1. The van der Waals surface area contributed by atoms with Crippen LogP contribution in [0, 0.1) is 18.3 Å². The Hall–Kier alpha value is -2.55. The first kappa shape index (κ1) is 13.9. The van der Waals surface area contributed by atoms with E-state index in [1.807, 2.05) is 0 Å². The molecule has 0 aromatic carbocycles. The maximum atomic E-state index is 12.1. The number of pyridine rings is 1. The fourth-order valence-corrected chi connectivity index (χ4v) is 1.74. The third-order valence-electron chi connectivity index (χ3n) is 2.98. The van der Waals surface area contributed by atoms with Crippen LogP contribution in [0.2, 0.25) is 0 Å². The highest BCUT2D eigenvalue weighted by molar-refractivity contribution is 5.90. The molecule has 1 aliphatic rings. The molecule has 6 heteroatoms. The Kier molecular flexibility index (Phi) is 4.20. The van der Waals surface area contributed by atoms with Crippen molar-refractivity contribution in [1.29, 1.82) is 0 Å². The van der Waals surface area contributed by atoms with Gasteiger partial charge in [0, 0.05) is 6.54 Å². The third kappa shape index (κ3) is 3.72. The number of carbonyl (C=O) groups excluding carboxylic acids is 1. The number of nitrogens with one attached hydrogen (secondary N) is 1. The zero-order chi connectivity index (χ0) is 14.5. The van der Waals surface area contributed by atoms with Crippen LogP contribution < -0.4 is 5.32 Å². The van der Waals surface area contributed by atoms with Gasteiger partial charge in [-0.3, -0.25) is 0 Å². The van der Waals surface area contributed by atoms with Gasteiger partial charge in [0.2, 0.25) is 0 Å². The molecule has 0 bridgehead atoms. The molecule has 0 aliphatic heterocycles. The van der Waals surface area contributed by atoms with Crippen LogP contribution in [0.1, 0.15) is 23.3 Å². The molecule has 0 saturated heterocycles. The zero-order valence-corrected chi connectivity index (χ0v) is 10.9. The molecule has 1 saturated carbocycles. The Morgan fingerprint density at radius 2 is 2.25 bits per heavy atom. The van der Waals surface area contributed by atoms with Gasteiger partial charge in [-0.15, -0.1) is 6.42 Å². The number of rotatable bonds is 5. The molecule has 2 amide bonds. The monoisotopic (exact) mass is 273 g/mol. The standard InChI is InChI=1S/C14H15N3O3/c1-2-7-17(9-10-3-4-10)14(20)16-11-5-6-12(13(18)19)15-8-11/h1,5-6,8,10H,3-4,7,9H2,(H,16,20)(H,18,19). The molecule has 104 valence electrons. The highest BCUT2D eigenvalue weighted by Gasteiger charge is 2.26. The molecule has 0 spiro atoms. The number of terminal acetylenes is 1. The minimum atomic E-state index is -1.11. The normalized spacial score (nSPS) is 13.3. The number of hydrogen-bond donors (Lipinski definition) is 2. The first-order chi connectivity index (χ1) is 9.60. The number of urea groups is 1.